The number of guanidine groups is 1. The first-order valence-electron chi connectivity index (χ1n) is 9.91. The zero-order chi connectivity index (χ0) is 21.9. The van der Waals surface area contributed by atoms with Crippen LogP contribution in [-0.2, 0) is 17.5 Å². The van der Waals surface area contributed by atoms with Crippen LogP contribution in [0.2, 0.25) is 0 Å². The molecule has 2 heterocycles. The van der Waals surface area contributed by atoms with Gasteiger partial charge >= 0.3 is 6.18 Å². The minimum Gasteiger partial charge on any atom is -0.384 e. The van der Waals surface area contributed by atoms with E-state index in [0.717, 1.165) is 37.0 Å². The van der Waals surface area contributed by atoms with Crippen molar-refractivity contribution in [2.75, 3.05) is 33.9 Å². The standard InChI is InChI=1S/C21H28F3N5O.HI/c1-14-9-15(2)29(27-14)18-6-5-17(19(10-18)21(22,23)24)11-26-20(25-3)28-8-7-16(12-28)13-30-4;/h5-6,9-10,16H,7-8,11-13H2,1-4H3,(H,25,26);1H. The Kier molecular flexibility index (Phi) is 8.75. The number of ether oxygens (including phenoxy) is 1. The van der Waals surface area contributed by atoms with Gasteiger partial charge < -0.3 is 15.0 Å². The fourth-order valence-corrected chi connectivity index (χ4v) is 3.91. The number of alkyl halides is 3. The normalized spacial score (nSPS) is 17.1. The summed E-state index contributed by atoms with van der Waals surface area (Å²) in [5.74, 6) is 1.00. The number of benzene rings is 1. The maximum absolute atomic E-state index is 13.8. The van der Waals surface area contributed by atoms with Crippen molar-refractivity contribution in [3.05, 3.63) is 46.8 Å². The van der Waals surface area contributed by atoms with Crippen molar-refractivity contribution < 1.29 is 17.9 Å². The van der Waals surface area contributed by atoms with Gasteiger partial charge in [-0.15, -0.1) is 24.0 Å². The number of halogens is 4. The second-order valence-corrected chi connectivity index (χ2v) is 7.63. The average Bonchev–Trinajstić information content (AvgIpc) is 3.28. The summed E-state index contributed by atoms with van der Waals surface area (Å²) in [4.78, 5) is 6.30. The van der Waals surface area contributed by atoms with Gasteiger partial charge in [-0.25, -0.2) is 4.68 Å². The summed E-state index contributed by atoms with van der Waals surface area (Å²) < 4.78 is 48.1. The van der Waals surface area contributed by atoms with Crippen LogP contribution < -0.4 is 5.32 Å². The SMILES string of the molecule is CN=C(NCc1ccc(-n2nc(C)cc2C)cc1C(F)(F)F)N1CCC(COC)C1.I. The second kappa shape index (κ2) is 10.7. The van der Waals surface area contributed by atoms with Crippen LogP contribution in [-0.4, -0.2) is 54.5 Å². The molecule has 2 aromatic rings. The molecule has 1 saturated heterocycles. The van der Waals surface area contributed by atoms with Crippen LogP contribution in [0, 0.1) is 19.8 Å². The van der Waals surface area contributed by atoms with E-state index in [1.807, 2.05) is 19.9 Å². The van der Waals surface area contributed by atoms with E-state index in [-0.39, 0.29) is 36.1 Å². The molecule has 0 spiro atoms. The molecular weight excluding hydrogens is 522 g/mol. The highest BCUT2D eigenvalue weighted by Crippen LogP contribution is 2.33. The van der Waals surface area contributed by atoms with Gasteiger partial charge in [0.1, 0.15) is 0 Å². The Labute approximate surface area is 197 Å². The first-order chi connectivity index (χ1) is 14.2. The smallest absolute Gasteiger partial charge is 0.384 e. The Bertz CT molecular complexity index is 913. The van der Waals surface area contributed by atoms with E-state index in [4.69, 9.17) is 4.74 Å². The van der Waals surface area contributed by atoms with Crippen LogP contribution in [0.1, 0.15) is 28.9 Å². The van der Waals surface area contributed by atoms with Gasteiger partial charge in [0.05, 0.1) is 23.6 Å². The number of aromatic nitrogens is 2. The Morgan fingerprint density at radius 2 is 2.03 bits per heavy atom. The summed E-state index contributed by atoms with van der Waals surface area (Å²) in [6, 6.07) is 6.16. The number of hydrogen-bond acceptors (Lipinski definition) is 3. The number of aliphatic imine (C=N–C) groups is 1. The minimum atomic E-state index is -4.47. The van der Waals surface area contributed by atoms with Gasteiger partial charge in [0.15, 0.2) is 5.96 Å². The third kappa shape index (κ3) is 6.12. The van der Waals surface area contributed by atoms with E-state index in [1.165, 1.54) is 10.7 Å². The monoisotopic (exact) mass is 551 g/mol. The number of rotatable bonds is 5. The third-order valence-corrected chi connectivity index (χ3v) is 5.29. The molecular formula is C21H29F3IN5O. The molecule has 10 heteroatoms. The number of likely N-dealkylation sites (tertiary alicyclic amines) is 1. The second-order valence-electron chi connectivity index (χ2n) is 7.63. The highest BCUT2D eigenvalue weighted by molar-refractivity contribution is 14.0. The molecule has 1 fully saturated rings. The molecule has 3 rings (SSSR count). The molecule has 1 aromatic heterocycles. The Hall–Kier alpha value is -1.82. The van der Waals surface area contributed by atoms with E-state index in [9.17, 15) is 13.2 Å². The predicted molar refractivity (Wildman–Crippen MR) is 125 cm³/mol. The Balaban J connectivity index is 0.00000341. The highest BCUT2D eigenvalue weighted by atomic mass is 127. The molecule has 6 nitrogen and oxygen atoms in total. The molecule has 1 aromatic carbocycles. The molecule has 0 bridgehead atoms. The Morgan fingerprint density at radius 3 is 2.61 bits per heavy atom. The minimum absolute atomic E-state index is 0. The maximum Gasteiger partial charge on any atom is 0.416 e. The predicted octanol–water partition coefficient (Wildman–Crippen LogP) is 4.17. The number of hydrogen-bond donors (Lipinski definition) is 1. The van der Waals surface area contributed by atoms with Gasteiger partial charge in [-0.05, 0) is 44.0 Å². The maximum atomic E-state index is 13.8. The van der Waals surface area contributed by atoms with Crippen molar-refractivity contribution in [2.45, 2.75) is 33.0 Å². The lowest BCUT2D eigenvalue weighted by Crippen LogP contribution is -2.40. The lowest BCUT2D eigenvalue weighted by atomic mass is 10.1. The number of nitrogens with one attached hydrogen (secondary N) is 1. The first kappa shape index (κ1) is 25.4. The lowest BCUT2D eigenvalue weighted by molar-refractivity contribution is -0.138. The molecule has 0 radical (unpaired) electrons. The molecule has 1 N–H and O–H groups in total. The fraction of sp³-hybridized carbons (Fsp3) is 0.524. The molecule has 31 heavy (non-hydrogen) atoms. The Morgan fingerprint density at radius 1 is 1.29 bits per heavy atom. The lowest BCUT2D eigenvalue weighted by Gasteiger charge is -2.23. The number of methoxy groups -OCH3 is 1. The summed E-state index contributed by atoms with van der Waals surface area (Å²) in [6.45, 7) is 5.91. The van der Waals surface area contributed by atoms with Crippen LogP contribution in [0.5, 0.6) is 0 Å². The van der Waals surface area contributed by atoms with Gasteiger partial charge in [0, 0.05) is 45.4 Å². The van der Waals surface area contributed by atoms with Gasteiger partial charge in [-0.2, -0.15) is 18.3 Å². The van der Waals surface area contributed by atoms with Crippen LogP contribution in [0.4, 0.5) is 13.2 Å². The molecule has 0 amide bonds. The molecule has 1 atom stereocenters. The van der Waals surface area contributed by atoms with E-state index in [0.29, 0.717) is 24.2 Å². The summed E-state index contributed by atoms with van der Waals surface area (Å²) in [6.07, 6.45) is -3.50. The van der Waals surface area contributed by atoms with Crippen molar-refractivity contribution in [2.24, 2.45) is 10.9 Å². The fourth-order valence-electron chi connectivity index (χ4n) is 3.91. The van der Waals surface area contributed by atoms with Gasteiger partial charge in [-0.3, -0.25) is 4.99 Å². The van der Waals surface area contributed by atoms with E-state index in [1.54, 1.807) is 20.2 Å². The average molecular weight is 551 g/mol. The van der Waals surface area contributed by atoms with Gasteiger partial charge in [-0.1, -0.05) is 6.07 Å². The van der Waals surface area contributed by atoms with Crippen molar-refractivity contribution in [3.8, 4) is 5.69 Å². The highest BCUT2D eigenvalue weighted by Gasteiger charge is 2.34. The number of nitrogens with zero attached hydrogens (tertiary/aromatic N) is 4. The third-order valence-electron chi connectivity index (χ3n) is 5.29. The topological polar surface area (TPSA) is 54.7 Å². The van der Waals surface area contributed by atoms with Crippen LogP contribution in [0.25, 0.3) is 5.69 Å². The van der Waals surface area contributed by atoms with Crippen molar-refractivity contribution in [1.29, 1.82) is 0 Å². The summed E-state index contributed by atoms with van der Waals surface area (Å²) in [5, 5.41) is 7.38. The van der Waals surface area contributed by atoms with Crippen LogP contribution in [0.3, 0.4) is 0 Å². The van der Waals surface area contributed by atoms with Crippen molar-refractivity contribution >= 4 is 29.9 Å². The van der Waals surface area contributed by atoms with Crippen molar-refractivity contribution in [3.63, 3.8) is 0 Å². The first-order valence-corrected chi connectivity index (χ1v) is 9.91. The molecule has 1 unspecified atom stereocenters. The summed E-state index contributed by atoms with van der Waals surface area (Å²) in [7, 11) is 3.31. The number of aryl methyl sites for hydroxylation is 2. The zero-order valence-corrected chi connectivity index (χ0v) is 20.5. The quantitative estimate of drug-likeness (QED) is 0.345. The van der Waals surface area contributed by atoms with E-state index >= 15 is 0 Å². The molecule has 172 valence electrons. The molecule has 0 saturated carbocycles. The summed E-state index contributed by atoms with van der Waals surface area (Å²) >= 11 is 0. The van der Waals surface area contributed by atoms with Crippen LogP contribution in [0.15, 0.2) is 29.3 Å². The van der Waals surface area contributed by atoms with E-state index < -0.39 is 11.7 Å². The molecule has 1 aliphatic rings. The zero-order valence-electron chi connectivity index (χ0n) is 18.2. The van der Waals surface area contributed by atoms with Crippen molar-refractivity contribution in [1.82, 2.24) is 20.0 Å². The summed E-state index contributed by atoms with van der Waals surface area (Å²) in [5.41, 5.74) is 1.43. The van der Waals surface area contributed by atoms with Gasteiger partial charge in [0.25, 0.3) is 0 Å². The molecule has 0 aliphatic carbocycles. The largest absolute Gasteiger partial charge is 0.416 e. The van der Waals surface area contributed by atoms with E-state index in [2.05, 4.69) is 20.3 Å². The van der Waals surface area contributed by atoms with Gasteiger partial charge in [0.2, 0.25) is 0 Å². The van der Waals surface area contributed by atoms with Crippen LogP contribution >= 0.6 is 24.0 Å². The molecule has 1 aliphatic heterocycles.